The quantitative estimate of drug-likeness (QED) is 0.621. The summed E-state index contributed by atoms with van der Waals surface area (Å²) in [5, 5.41) is 9.51. The van der Waals surface area contributed by atoms with Crippen molar-refractivity contribution >= 4 is 44.1 Å². The number of fused-ring (bicyclic) bond motifs is 1. The van der Waals surface area contributed by atoms with Crippen LogP contribution in [0.5, 0.6) is 0 Å². The third-order valence-corrected chi connectivity index (χ3v) is 5.35. The number of aromatic nitrogens is 1. The maximum absolute atomic E-state index is 12.4. The smallest absolute Gasteiger partial charge is 0.238 e. The highest BCUT2D eigenvalue weighted by Gasteiger charge is 2.15. The molecule has 1 heterocycles. The van der Waals surface area contributed by atoms with Crippen LogP contribution in [0, 0.1) is 0 Å². The molecule has 0 unspecified atom stereocenters. The summed E-state index contributed by atoms with van der Waals surface area (Å²) in [6.45, 7) is 1.84. The summed E-state index contributed by atoms with van der Waals surface area (Å²) in [5.74, 6) is -0.259. The highest BCUT2D eigenvalue weighted by atomic mass is 35.5. The van der Waals surface area contributed by atoms with Crippen molar-refractivity contribution in [1.82, 2.24) is 4.98 Å². The number of carbonyl (C=O) groups excluding carboxylic acids is 1. The fraction of sp³-hybridized carbons (Fsp3) is 0.167. The largest absolute Gasteiger partial charge is 0.361 e. The lowest BCUT2D eigenvalue weighted by Gasteiger charge is -2.10. The minimum absolute atomic E-state index is 0.0273. The van der Waals surface area contributed by atoms with Crippen LogP contribution in [0.3, 0.4) is 0 Å². The molecule has 1 aromatic heterocycles. The Bertz CT molecular complexity index is 1090. The van der Waals surface area contributed by atoms with Crippen LogP contribution < -0.4 is 10.5 Å². The first-order valence-electron chi connectivity index (χ1n) is 7.99. The molecule has 3 aromatic rings. The molecule has 0 fully saturated rings. The van der Waals surface area contributed by atoms with E-state index in [0.29, 0.717) is 22.7 Å². The highest BCUT2D eigenvalue weighted by Crippen LogP contribution is 2.24. The van der Waals surface area contributed by atoms with Crippen LogP contribution in [-0.4, -0.2) is 19.3 Å². The van der Waals surface area contributed by atoms with Crippen molar-refractivity contribution in [1.29, 1.82) is 0 Å². The van der Waals surface area contributed by atoms with E-state index in [0.717, 1.165) is 16.5 Å². The minimum Gasteiger partial charge on any atom is -0.361 e. The summed E-state index contributed by atoms with van der Waals surface area (Å²) in [7, 11) is -3.86. The van der Waals surface area contributed by atoms with E-state index in [2.05, 4.69) is 10.3 Å². The maximum atomic E-state index is 12.4. The number of sulfonamides is 1. The van der Waals surface area contributed by atoms with Gasteiger partial charge in [0.25, 0.3) is 0 Å². The molecule has 2 aromatic carbocycles. The molecule has 0 aliphatic rings. The zero-order valence-corrected chi connectivity index (χ0v) is 15.6. The topological polar surface area (TPSA) is 105 Å². The number of carbonyl (C=O) groups is 1. The average Bonchev–Trinajstić information content (AvgIpc) is 2.95. The van der Waals surface area contributed by atoms with Gasteiger partial charge in [-0.3, -0.25) is 4.79 Å². The Morgan fingerprint density at radius 1 is 1.19 bits per heavy atom. The minimum atomic E-state index is -3.86. The first-order chi connectivity index (χ1) is 12.3. The van der Waals surface area contributed by atoms with Crippen LogP contribution in [0.15, 0.2) is 47.5 Å². The Kier molecular flexibility index (Phi) is 5.04. The number of aryl methyl sites for hydroxylation is 1. The lowest BCUT2D eigenvalue weighted by molar-refractivity contribution is -0.115. The van der Waals surface area contributed by atoms with E-state index in [1.165, 1.54) is 6.07 Å². The first-order valence-corrected chi connectivity index (χ1v) is 9.91. The summed E-state index contributed by atoms with van der Waals surface area (Å²) < 4.78 is 23.5. The van der Waals surface area contributed by atoms with Crippen molar-refractivity contribution < 1.29 is 13.2 Å². The van der Waals surface area contributed by atoms with Crippen molar-refractivity contribution in [2.75, 3.05) is 5.32 Å². The molecule has 136 valence electrons. The van der Waals surface area contributed by atoms with E-state index in [1.54, 1.807) is 30.5 Å². The molecule has 0 atom stereocenters. The number of H-pyrrole nitrogens is 1. The predicted octanol–water partition coefficient (Wildman–Crippen LogP) is 3.21. The summed E-state index contributed by atoms with van der Waals surface area (Å²) in [5.41, 5.74) is 2.67. The van der Waals surface area contributed by atoms with E-state index in [1.807, 2.05) is 13.0 Å². The molecule has 8 heteroatoms. The van der Waals surface area contributed by atoms with Gasteiger partial charge in [-0.15, -0.1) is 0 Å². The van der Waals surface area contributed by atoms with Crippen molar-refractivity contribution in [3.05, 3.63) is 58.7 Å². The van der Waals surface area contributed by atoms with Crippen molar-refractivity contribution in [2.24, 2.45) is 5.14 Å². The number of benzene rings is 2. The predicted molar refractivity (Wildman–Crippen MR) is 103 cm³/mol. The Morgan fingerprint density at radius 2 is 1.96 bits per heavy atom. The summed E-state index contributed by atoms with van der Waals surface area (Å²) in [6.07, 6.45) is 2.43. The molecule has 3 rings (SSSR count). The molecule has 0 bridgehead atoms. The molecular weight excluding hydrogens is 374 g/mol. The van der Waals surface area contributed by atoms with Crippen molar-refractivity contribution in [3.63, 3.8) is 0 Å². The third-order valence-electron chi connectivity index (χ3n) is 4.12. The number of nitrogens with two attached hydrogens (primary N) is 1. The molecule has 0 saturated heterocycles. The lowest BCUT2D eigenvalue weighted by atomic mass is 10.1. The number of aromatic amines is 1. The zero-order valence-electron chi connectivity index (χ0n) is 14.0. The number of nitrogens with one attached hydrogen (secondary N) is 2. The van der Waals surface area contributed by atoms with Gasteiger partial charge in [-0.05, 0) is 41.8 Å². The normalized spacial score (nSPS) is 11.7. The van der Waals surface area contributed by atoms with E-state index >= 15 is 0 Å². The van der Waals surface area contributed by atoms with Crippen LogP contribution in [0.2, 0.25) is 5.02 Å². The van der Waals surface area contributed by atoms with Gasteiger partial charge in [0.15, 0.2) is 0 Å². The molecule has 1 amide bonds. The van der Waals surface area contributed by atoms with Gasteiger partial charge in [-0.25, -0.2) is 13.6 Å². The fourth-order valence-corrected chi connectivity index (χ4v) is 3.91. The zero-order chi connectivity index (χ0) is 18.9. The fourth-order valence-electron chi connectivity index (χ4n) is 2.87. The second-order valence-electron chi connectivity index (χ2n) is 5.95. The van der Waals surface area contributed by atoms with Crippen LogP contribution in [0.25, 0.3) is 10.9 Å². The number of halogens is 1. The summed E-state index contributed by atoms with van der Waals surface area (Å²) in [4.78, 5) is 15.5. The SMILES string of the molecule is CCc1ccc(NC(=O)Cc2c[nH]c3cc(Cl)ccc23)cc1S(N)(=O)=O. The summed E-state index contributed by atoms with van der Waals surface area (Å²) >= 11 is 5.96. The molecule has 4 N–H and O–H groups in total. The standard InChI is InChI=1S/C18H18ClN3O3S/c1-2-11-3-5-14(9-17(11)26(20,24)25)22-18(23)7-12-10-21-16-8-13(19)4-6-15(12)16/h3-6,8-10,21H,2,7H2,1H3,(H,22,23)(H2,20,24,25). The van der Waals surface area contributed by atoms with Crippen LogP contribution >= 0.6 is 11.6 Å². The molecular formula is C18H18ClN3O3S. The van der Waals surface area contributed by atoms with E-state index < -0.39 is 10.0 Å². The monoisotopic (exact) mass is 391 g/mol. The second-order valence-corrected chi connectivity index (χ2v) is 7.92. The van der Waals surface area contributed by atoms with Gasteiger partial charge in [-0.2, -0.15) is 0 Å². The van der Waals surface area contributed by atoms with Gasteiger partial charge in [0, 0.05) is 27.8 Å². The van der Waals surface area contributed by atoms with E-state index in [4.69, 9.17) is 16.7 Å². The third kappa shape index (κ3) is 3.90. The van der Waals surface area contributed by atoms with E-state index in [9.17, 15) is 13.2 Å². The molecule has 0 aliphatic carbocycles. The Hall–Kier alpha value is -2.35. The van der Waals surface area contributed by atoms with Gasteiger partial charge in [0.2, 0.25) is 15.9 Å². The van der Waals surface area contributed by atoms with Gasteiger partial charge in [0.1, 0.15) is 0 Å². The van der Waals surface area contributed by atoms with Crippen LogP contribution in [0.1, 0.15) is 18.1 Å². The number of hydrogen-bond acceptors (Lipinski definition) is 3. The highest BCUT2D eigenvalue weighted by molar-refractivity contribution is 7.89. The number of anilines is 1. The molecule has 0 aliphatic heterocycles. The molecule has 6 nitrogen and oxygen atoms in total. The summed E-state index contributed by atoms with van der Waals surface area (Å²) in [6, 6.07) is 10.1. The molecule has 0 spiro atoms. The Labute approximate surface area is 156 Å². The van der Waals surface area contributed by atoms with Crippen LogP contribution in [-0.2, 0) is 27.7 Å². The van der Waals surface area contributed by atoms with Gasteiger partial charge >= 0.3 is 0 Å². The lowest BCUT2D eigenvalue weighted by Crippen LogP contribution is -2.17. The number of amides is 1. The molecule has 26 heavy (non-hydrogen) atoms. The number of primary sulfonamides is 1. The number of hydrogen-bond donors (Lipinski definition) is 3. The van der Waals surface area contributed by atoms with Gasteiger partial charge in [0.05, 0.1) is 11.3 Å². The Morgan fingerprint density at radius 3 is 2.65 bits per heavy atom. The average molecular weight is 392 g/mol. The number of rotatable bonds is 5. The van der Waals surface area contributed by atoms with Crippen LogP contribution in [0.4, 0.5) is 5.69 Å². The van der Waals surface area contributed by atoms with Gasteiger partial charge in [-0.1, -0.05) is 30.7 Å². The second kappa shape index (κ2) is 7.11. The van der Waals surface area contributed by atoms with Gasteiger partial charge < -0.3 is 10.3 Å². The molecule has 0 radical (unpaired) electrons. The first kappa shape index (κ1) is 18.4. The van der Waals surface area contributed by atoms with Crippen molar-refractivity contribution in [3.8, 4) is 0 Å². The Balaban J connectivity index is 1.81. The molecule has 0 saturated carbocycles. The maximum Gasteiger partial charge on any atom is 0.238 e. The van der Waals surface area contributed by atoms with Crippen molar-refractivity contribution in [2.45, 2.75) is 24.7 Å². The van der Waals surface area contributed by atoms with E-state index in [-0.39, 0.29) is 17.2 Å².